The summed E-state index contributed by atoms with van der Waals surface area (Å²) in [7, 11) is 3.91. The lowest BCUT2D eigenvalue weighted by Gasteiger charge is -2.23. The first kappa shape index (κ1) is 20.0. The Morgan fingerprint density at radius 3 is 2.33 bits per heavy atom. The number of anilines is 1. The van der Waals surface area contributed by atoms with E-state index >= 15 is 0 Å². The van der Waals surface area contributed by atoms with Crippen molar-refractivity contribution < 1.29 is 0 Å². The van der Waals surface area contributed by atoms with Crippen LogP contribution in [0.15, 0.2) is 35.3 Å². The monoisotopic (exact) mass is 404 g/mol. The summed E-state index contributed by atoms with van der Waals surface area (Å²) in [6.07, 6.45) is 0. The second-order valence-corrected chi connectivity index (χ2v) is 5.43. The van der Waals surface area contributed by atoms with Gasteiger partial charge in [-0.05, 0) is 25.0 Å². The zero-order chi connectivity index (χ0) is 15.0. The molecule has 1 rings (SSSR count). The molecule has 0 aliphatic carbocycles. The van der Waals surface area contributed by atoms with Gasteiger partial charge in [0.2, 0.25) is 0 Å². The Morgan fingerprint density at radius 1 is 1.19 bits per heavy atom. The van der Waals surface area contributed by atoms with Crippen molar-refractivity contribution in [2.45, 2.75) is 26.8 Å². The molecular weight excluding hydrogens is 375 g/mol. The van der Waals surface area contributed by atoms with Gasteiger partial charge in [-0.15, -0.1) is 24.0 Å². The minimum atomic E-state index is 0. The number of halogens is 1. The van der Waals surface area contributed by atoms with Crippen LogP contribution >= 0.6 is 24.0 Å². The van der Waals surface area contributed by atoms with E-state index in [9.17, 15) is 0 Å². The Kier molecular flexibility index (Phi) is 10.2. The molecule has 1 unspecified atom stereocenters. The zero-order valence-corrected chi connectivity index (χ0v) is 16.1. The summed E-state index contributed by atoms with van der Waals surface area (Å²) in [6, 6.07) is 10.8. The summed E-state index contributed by atoms with van der Waals surface area (Å²) in [5, 5.41) is 6.75. The number of guanidine groups is 1. The molecule has 4 nitrogen and oxygen atoms in total. The Morgan fingerprint density at radius 2 is 1.81 bits per heavy atom. The first-order valence-electron chi connectivity index (χ1n) is 7.28. The van der Waals surface area contributed by atoms with E-state index in [-0.39, 0.29) is 24.0 Å². The molecule has 0 saturated heterocycles. The predicted molar refractivity (Wildman–Crippen MR) is 104 cm³/mol. The van der Waals surface area contributed by atoms with Crippen molar-refractivity contribution in [2.75, 3.05) is 32.1 Å². The maximum absolute atomic E-state index is 4.26. The molecule has 0 bridgehead atoms. The van der Waals surface area contributed by atoms with Gasteiger partial charge < -0.3 is 15.5 Å². The first-order chi connectivity index (χ1) is 9.54. The number of benzene rings is 1. The fraction of sp³-hybridized carbons (Fsp3) is 0.562. The highest BCUT2D eigenvalue weighted by molar-refractivity contribution is 14.0. The molecule has 0 spiro atoms. The minimum Gasteiger partial charge on any atom is -0.373 e. The normalized spacial score (nSPS) is 12.6. The van der Waals surface area contributed by atoms with Crippen molar-refractivity contribution in [3.05, 3.63) is 30.3 Å². The van der Waals surface area contributed by atoms with Crippen molar-refractivity contribution in [3.63, 3.8) is 0 Å². The smallest absolute Gasteiger partial charge is 0.191 e. The van der Waals surface area contributed by atoms with E-state index in [1.54, 1.807) is 0 Å². The molecule has 1 atom stereocenters. The van der Waals surface area contributed by atoms with Crippen molar-refractivity contribution in [1.82, 2.24) is 10.6 Å². The molecule has 2 N–H and O–H groups in total. The Hall–Kier alpha value is -0.980. The molecule has 0 fully saturated rings. The largest absolute Gasteiger partial charge is 0.373 e. The number of rotatable bonds is 6. The molecule has 0 aliphatic rings. The SMILES string of the molecule is CN=C(NCCN(C)c1ccccc1)NC(C)C(C)C.I. The van der Waals surface area contributed by atoms with Crippen LogP contribution in [0.3, 0.4) is 0 Å². The maximum atomic E-state index is 4.26. The van der Waals surface area contributed by atoms with Crippen LogP contribution < -0.4 is 15.5 Å². The van der Waals surface area contributed by atoms with Gasteiger partial charge in [0.1, 0.15) is 0 Å². The lowest BCUT2D eigenvalue weighted by Crippen LogP contribution is -2.46. The van der Waals surface area contributed by atoms with Gasteiger partial charge in [0.25, 0.3) is 0 Å². The van der Waals surface area contributed by atoms with E-state index in [2.05, 4.69) is 72.6 Å². The lowest BCUT2D eigenvalue weighted by atomic mass is 10.1. The minimum absolute atomic E-state index is 0. The molecular formula is C16H29IN4. The molecule has 1 aromatic carbocycles. The number of para-hydroxylation sites is 1. The Labute approximate surface area is 146 Å². The third-order valence-corrected chi connectivity index (χ3v) is 3.52. The molecule has 0 saturated carbocycles. The molecule has 21 heavy (non-hydrogen) atoms. The van der Waals surface area contributed by atoms with Crippen molar-refractivity contribution >= 4 is 35.6 Å². The third-order valence-electron chi connectivity index (χ3n) is 3.52. The summed E-state index contributed by atoms with van der Waals surface area (Å²) < 4.78 is 0. The van der Waals surface area contributed by atoms with Crippen molar-refractivity contribution in [1.29, 1.82) is 0 Å². The summed E-state index contributed by atoms with van der Waals surface area (Å²) in [6.45, 7) is 8.37. The second kappa shape index (κ2) is 10.7. The molecule has 5 heteroatoms. The van der Waals surface area contributed by atoms with Crippen LogP contribution in [-0.4, -0.2) is 39.2 Å². The third kappa shape index (κ3) is 7.55. The van der Waals surface area contributed by atoms with Crippen molar-refractivity contribution in [3.8, 4) is 0 Å². The van der Waals surface area contributed by atoms with Gasteiger partial charge in [-0.25, -0.2) is 0 Å². The summed E-state index contributed by atoms with van der Waals surface area (Å²) in [4.78, 5) is 6.48. The Balaban J connectivity index is 0.00000400. The quantitative estimate of drug-likeness (QED) is 0.435. The van der Waals surface area contributed by atoms with E-state index in [1.807, 2.05) is 13.1 Å². The van der Waals surface area contributed by atoms with E-state index in [1.165, 1.54) is 5.69 Å². The summed E-state index contributed by atoms with van der Waals surface area (Å²) in [5.41, 5.74) is 1.23. The zero-order valence-electron chi connectivity index (χ0n) is 13.8. The maximum Gasteiger partial charge on any atom is 0.191 e. The highest BCUT2D eigenvalue weighted by atomic mass is 127. The van der Waals surface area contributed by atoms with E-state index < -0.39 is 0 Å². The van der Waals surface area contributed by atoms with Crippen LogP contribution in [0, 0.1) is 5.92 Å². The van der Waals surface area contributed by atoms with Crippen molar-refractivity contribution in [2.24, 2.45) is 10.9 Å². The van der Waals surface area contributed by atoms with Gasteiger partial charge in [0.15, 0.2) is 5.96 Å². The molecule has 120 valence electrons. The highest BCUT2D eigenvalue weighted by Gasteiger charge is 2.08. The molecule has 0 amide bonds. The van der Waals surface area contributed by atoms with Gasteiger partial charge in [-0.2, -0.15) is 0 Å². The van der Waals surface area contributed by atoms with Crippen LogP contribution in [0.5, 0.6) is 0 Å². The molecule has 0 aliphatic heterocycles. The standard InChI is InChI=1S/C16H28N4.HI/c1-13(2)14(3)19-16(17-4)18-11-12-20(5)15-9-7-6-8-10-15;/h6-10,13-14H,11-12H2,1-5H3,(H2,17,18,19);1H. The van der Waals surface area contributed by atoms with Crippen LogP contribution in [-0.2, 0) is 0 Å². The van der Waals surface area contributed by atoms with Crippen LogP contribution in [0.4, 0.5) is 5.69 Å². The van der Waals surface area contributed by atoms with Crippen LogP contribution in [0.25, 0.3) is 0 Å². The van der Waals surface area contributed by atoms with Crippen LogP contribution in [0.1, 0.15) is 20.8 Å². The Bertz CT molecular complexity index is 406. The summed E-state index contributed by atoms with van der Waals surface area (Å²) in [5.74, 6) is 1.45. The topological polar surface area (TPSA) is 39.7 Å². The molecule has 1 aromatic rings. The molecule has 0 aromatic heterocycles. The highest BCUT2D eigenvalue weighted by Crippen LogP contribution is 2.09. The number of nitrogens with one attached hydrogen (secondary N) is 2. The van der Waals surface area contributed by atoms with Gasteiger partial charge in [0.05, 0.1) is 0 Å². The fourth-order valence-electron chi connectivity index (χ4n) is 1.73. The van der Waals surface area contributed by atoms with E-state index in [0.29, 0.717) is 12.0 Å². The van der Waals surface area contributed by atoms with Gasteiger partial charge >= 0.3 is 0 Å². The fourth-order valence-corrected chi connectivity index (χ4v) is 1.73. The van der Waals surface area contributed by atoms with E-state index in [4.69, 9.17) is 0 Å². The first-order valence-corrected chi connectivity index (χ1v) is 7.28. The molecule has 0 heterocycles. The predicted octanol–water partition coefficient (Wildman–Crippen LogP) is 2.95. The van der Waals surface area contributed by atoms with E-state index in [0.717, 1.165) is 19.0 Å². The number of nitrogens with zero attached hydrogens (tertiary/aromatic N) is 2. The van der Waals surface area contributed by atoms with Gasteiger partial charge in [-0.3, -0.25) is 4.99 Å². The van der Waals surface area contributed by atoms with Gasteiger partial charge in [-0.1, -0.05) is 32.0 Å². The molecule has 0 radical (unpaired) electrons. The average molecular weight is 404 g/mol. The number of hydrogen-bond acceptors (Lipinski definition) is 2. The lowest BCUT2D eigenvalue weighted by molar-refractivity contribution is 0.481. The van der Waals surface area contributed by atoms with Gasteiger partial charge in [0, 0.05) is 38.9 Å². The number of aliphatic imine (C=N–C) groups is 1. The number of likely N-dealkylation sites (N-methyl/N-ethyl adjacent to an activating group) is 1. The summed E-state index contributed by atoms with van der Waals surface area (Å²) >= 11 is 0. The average Bonchev–Trinajstić information content (AvgIpc) is 2.46. The second-order valence-electron chi connectivity index (χ2n) is 5.43. The number of hydrogen-bond donors (Lipinski definition) is 2. The van der Waals surface area contributed by atoms with Crippen LogP contribution in [0.2, 0.25) is 0 Å².